The smallest absolute Gasteiger partial charge is 0.253 e. The van der Waals surface area contributed by atoms with Crippen molar-refractivity contribution in [3.05, 3.63) is 35.4 Å². The number of rotatable bonds is 3. The maximum absolute atomic E-state index is 12.9. The van der Waals surface area contributed by atoms with Gasteiger partial charge in [0, 0.05) is 25.2 Å². The monoisotopic (exact) mass is 358 g/mol. The molecule has 1 N–H and O–H groups in total. The van der Waals surface area contributed by atoms with E-state index in [2.05, 4.69) is 37.8 Å². The van der Waals surface area contributed by atoms with Gasteiger partial charge in [-0.2, -0.15) is 0 Å². The van der Waals surface area contributed by atoms with E-state index in [9.17, 15) is 9.90 Å². The fourth-order valence-electron chi connectivity index (χ4n) is 4.19. The quantitative estimate of drug-likeness (QED) is 0.900. The van der Waals surface area contributed by atoms with Gasteiger partial charge in [0.1, 0.15) is 0 Å². The van der Waals surface area contributed by atoms with Gasteiger partial charge >= 0.3 is 0 Å². The number of carbonyl (C=O) groups excluding carboxylic acids is 1. The zero-order valence-corrected chi connectivity index (χ0v) is 16.6. The van der Waals surface area contributed by atoms with Crippen molar-refractivity contribution in [3.63, 3.8) is 0 Å². The molecule has 26 heavy (non-hydrogen) atoms. The second-order valence-corrected chi connectivity index (χ2v) is 9.18. The molecule has 0 radical (unpaired) electrons. The molecule has 1 atom stereocenters. The van der Waals surface area contributed by atoms with Gasteiger partial charge in [-0.1, -0.05) is 32.9 Å². The summed E-state index contributed by atoms with van der Waals surface area (Å²) in [6.07, 6.45) is 4.82. The van der Waals surface area contributed by atoms with Gasteiger partial charge in [-0.05, 0) is 68.3 Å². The Morgan fingerprint density at radius 2 is 1.65 bits per heavy atom. The van der Waals surface area contributed by atoms with Gasteiger partial charge in [0.2, 0.25) is 0 Å². The lowest BCUT2D eigenvalue weighted by atomic mass is 9.86. The van der Waals surface area contributed by atoms with E-state index in [-0.39, 0.29) is 11.3 Å². The minimum atomic E-state index is -0.643. The second kappa shape index (κ2) is 7.69. The summed E-state index contributed by atoms with van der Waals surface area (Å²) >= 11 is 0. The van der Waals surface area contributed by atoms with Crippen LogP contribution in [0.25, 0.3) is 0 Å². The lowest BCUT2D eigenvalue weighted by molar-refractivity contribution is -0.00290. The lowest BCUT2D eigenvalue weighted by Gasteiger charge is -2.31. The highest BCUT2D eigenvalue weighted by molar-refractivity contribution is 5.94. The number of amides is 1. The molecule has 2 aliphatic heterocycles. The third-order valence-electron chi connectivity index (χ3n) is 5.92. The third-order valence-corrected chi connectivity index (χ3v) is 5.92. The molecule has 1 aromatic rings. The average molecular weight is 359 g/mol. The first-order valence-electron chi connectivity index (χ1n) is 10.1. The Morgan fingerprint density at radius 3 is 2.27 bits per heavy atom. The summed E-state index contributed by atoms with van der Waals surface area (Å²) in [5, 5.41) is 11.0. The molecule has 1 amide bonds. The Bertz CT molecular complexity index is 614. The van der Waals surface area contributed by atoms with Gasteiger partial charge in [-0.3, -0.25) is 4.79 Å². The summed E-state index contributed by atoms with van der Waals surface area (Å²) in [4.78, 5) is 17.2. The first-order chi connectivity index (χ1) is 12.3. The van der Waals surface area contributed by atoms with Crippen LogP contribution in [0.4, 0.5) is 0 Å². The second-order valence-electron chi connectivity index (χ2n) is 9.18. The topological polar surface area (TPSA) is 43.8 Å². The van der Waals surface area contributed by atoms with Crippen LogP contribution in [0.3, 0.4) is 0 Å². The van der Waals surface area contributed by atoms with E-state index in [0.29, 0.717) is 13.0 Å². The maximum atomic E-state index is 12.9. The zero-order chi connectivity index (χ0) is 18.8. The van der Waals surface area contributed by atoms with Crippen LogP contribution in [-0.2, 0) is 5.41 Å². The van der Waals surface area contributed by atoms with E-state index in [1.165, 1.54) is 18.4 Å². The summed E-state index contributed by atoms with van der Waals surface area (Å²) in [6.45, 7) is 10.9. The molecule has 0 spiro atoms. The van der Waals surface area contributed by atoms with E-state index < -0.39 is 5.60 Å². The van der Waals surface area contributed by atoms with E-state index in [1.54, 1.807) is 0 Å². The fourth-order valence-corrected chi connectivity index (χ4v) is 4.19. The van der Waals surface area contributed by atoms with Crippen molar-refractivity contribution in [2.24, 2.45) is 0 Å². The molecular formula is C22H34N2O2. The largest absolute Gasteiger partial charge is 0.388 e. The van der Waals surface area contributed by atoms with Crippen LogP contribution in [0.1, 0.15) is 68.8 Å². The predicted molar refractivity (Wildman–Crippen MR) is 106 cm³/mol. The maximum Gasteiger partial charge on any atom is 0.253 e. The van der Waals surface area contributed by atoms with Crippen molar-refractivity contribution in [1.82, 2.24) is 9.80 Å². The van der Waals surface area contributed by atoms with E-state index >= 15 is 0 Å². The molecule has 2 heterocycles. The van der Waals surface area contributed by atoms with Gasteiger partial charge in [0.15, 0.2) is 0 Å². The Labute approximate surface area is 158 Å². The summed E-state index contributed by atoms with van der Waals surface area (Å²) in [5.41, 5.74) is 1.44. The Hall–Kier alpha value is -1.39. The molecule has 3 rings (SSSR count). The van der Waals surface area contributed by atoms with Crippen LogP contribution < -0.4 is 0 Å². The minimum Gasteiger partial charge on any atom is -0.388 e. The molecular weight excluding hydrogens is 324 g/mol. The molecule has 144 valence electrons. The van der Waals surface area contributed by atoms with Crippen molar-refractivity contribution >= 4 is 5.91 Å². The Balaban J connectivity index is 1.62. The Morgan fingerprint density at radius 1 is 1.00 bits per heavy atom. The number of carbonyl (C=O) groups is 1. The molecule has 2 fully saturated rings. The van der Waals surface area contributed by atoms with Crippen molar-refractivity contribution < 1.29 is 9.90 Å². The molecule has 4 nitrogen and oxygen atoms in total. The fraction of sp³-hybridized carbons (Fsp3) is 0.682. The van der Waals surface area contributed by atoms with Crippen molar-refractivity contribution in [2.75, 3.05) is 32.7 Å². The molecule has 4 heteroatoms. The molecule has 0 aromatic heterocycles. The zero-order valence-electron chi connectivity index (χ0n) is 16.6. The molecule has 0 aliphatic carbocycles. The molecule has 0 bridgehead atoms. The van der Waals surface area contributed by atoms with Gasteiger partial charge in [-0.25, -0.2) is 0 Å². The lowest BCUT2D eigenvalue weighted by Crippen LogP contribution is -2.43. The first kappa shape index (κ1) is 19.4. The summed E-state index contributed by atoms with van der Waals surface area (Å²) < 4.78 is 0. The van der Waals surface area contributed by atoms with Crippen LogP contribution in [0.5, 0.6) is 0 Å². The molecule has 0 saturated carbocycles. The van der Waals surface area contributed by atoms with Gasteiger partial charge in [-0.15, -0.1) is 0 Å². The number of β-amino-alcohol motifs (C(OH)–C–C–N with tert-alkyl or cyclic N) is 1. The van der Waals surface area contributed by atoms with E-state index in [1.807, 2.05) is 17.0 Å². The van der Waals surface area contributed by atoms with Crippen LogP contribution in [0, 0.1) is 0 Å². The highest BCUT2D eigenvalue weighted by Gasteiger charge is 2.34. The van der Waals surface area contributed by atoms with Gasteiger partial charge < -0.3 is 14.9 Å². The summed E-state index contributed by atoms with van der Waals surface area (Å²) in [6, 6.07) is 8.03. The number of hydrogen-bond donors (Lipinski definition) is 1. The van der Waals surface area contributed by atoms with E-state index in [0.717, 1.165) is 44.6 Å². The normalized spacial score (nSPS) is 25.3. The highest BCUT2D eigenvalue weighted by Crippen LogP contribution is 2.27. The van der Waals surface area contributed by atoms with Crippen molar-refractivity contribution in [2.45, 2.75) is 63.9 Å². The van der Waals surface area contributed by atoms with Crippen LogP contribution in [0.15, 0.2) is 24.3 Å². The molecule has 1 aromatic carbocycles. The standard InChI is InChI=1S/C22H34N2O2/c1-21(2,3)19-9-7-18(8-10-19)20(25)24-15-6-11-22(26,12-16-24)17-23-13-4-5-14-23/h7-10,26H,4-6,11-17H2,1-3H3. The number of aliphatic hydroxyl groups is 1. The SMILES string of the molecule is CC(C)(C)c1ccc(C(=O)N2CCCC(O)(CN3CCCC3)CC2)cc1. The van der Waals surface area contributed by atoms with Crippen LogP contribution >= 0.6 is 0 Å². The van der Waals surface area contributed by atoms with Crippen LogP contribution in [0.2, 0.25) is 0 Å². The summed E-state index contributed by atoms with van der Waals surface area (Å²) in [7, 11) is 0. The Kier molecular flexibility index (Phi) is 5.73. The van der Waals surface area contributed by atoms with Gasteiger partial charge in [0.05, 0.1) is 5.60 Å². The van der Waals surface area contributed by atoms with Gasteiger partial charge in [0.25, 0.3) is 5.91 Å². The molecule has 2 saturated heterocycles. The van der Waals surface area contributed by atoms with E-state index in [4.69, 9.17) is 0 Å². The highest BCUT2D eigenvalue weighted by atomic mass is 16.3. The summed E-state index contributed by atoms with van der Waals surface area (Å²) in [5.74, 6) is 0.0934. The number of likely N-dealkylation sites (tertiary alicyclic amines) is 2. The van der Waals surface area contributed by atoms with Crippen LogP contribution in [-0.4, -0.2) is 59.1 Å². The minimum absolute atomic E-state index is 0.0934. The molecule has 1 unspecified atom stereocenters. The number of hydrogen-bond acceptors (Lipinski definition) is 3. The predicted octanol–water partition coefficient (Wildman–Crippen LogP) is 3.44. The number of nitrogens with zero attached hydrogens (tertiary/aromatic N) is 2. The first-order valence-corrected chi connectivity index (χ1v) is 10.1. The third kappa shape index (κ3) is 4.66. The molecule has 2 aliphatic rings. The average Bonchev–Trinajstić information content (AvgIpc) is 3.01. The van der Waals surface area contributed by atoms with Crippen molar-refractivity contribution in [3.8, 4) is 0 Å². The van der Waals surface area contributed by atoms with Crippen molar-refractivity contribution in [1.29, 1.82) is 0 Å². The number of benzene rings is 1.